The lowest BCUT2D eigenvalue weighted by Gasteiger charge is -2.25. The van der Waals surface area contributed by atoms with Gasteiger partial charge in [-0.1, -0.05) is 97.1 Å². The van der Waals surface area contributed by atoms with Gasteiger partial charge in [0.1, 0.15) is 0 Å². The predicted octanol–water partition coefficient (Wildman–Crippen LogP) is 11.5. The molecule has 0 aliphatic rings. The van der Waals surface area contributed by atoms with Crippen molar-refractivity contribution in [2.45, 2.75) is 6.42 Å². The van der Waals surface area contributed by atoms with Crippen LogP contribution in [0.5, 0.6) is 0 Å². The average Bonchev–Trinajstić information content (AvgIpc) is 3.49. The maximum Gasteiger partial charge on any atom is 0.0894 e. The zero-order valence-electron chi connectivity index (χ0n) is 26.8. The first-order valence-electron chi connectivity index (χ1n) is 16.6. The Morgan fingerprint density at radius 3 is 1.76 bits per heavy atom. The monoisotopic (exact) mass is 628 g/mol. The second-order valence-corrected chi connectivity index (χ2v) is 12.3. The Bertz CT molecular complexity index is 2520. The van der Waals surface area contributed by atoms with E-state index in [9.17, 15) is 0 Å². The highest BCUT2D eigenvalue weighted by Crippen LogP contribution is 2.40. The summed E-state index contributed by atoms with van der Waals surface area (Å²) in [6.45, 7) is 0. The molecule has 0 aliphatic heterocycles. The first-order valence-corrected chi connectivity index (χ1v) is 16.6. The summed E-state index contributed by atoms with van der Waals surface area (Å²) in [7, 11) is 0. The quantitative estimate of drug-likeness (QED) is 0.176. The van der Waals surface area contributed by atoms with E-state index in [-0.39, 0.29) is 0 Å². The molecule has 4 heteroatoms. The van der Waals surface area contributed by atoms with Crippen LogP contribution in [0.15, 0.2) is 182 Å². The Hall–Kier alpha value is -6.52. The van der Waals surface area contributed by atoms with Gasteiger partial charge in [0.25, 0.3) is 0 Å². The summed E-state index contributed by atoms with van der Waals surface area (Å²) in [5.41, 5.74) is 13.1. The smallest absolute Gasteiger partial charge is 0.0894 e. The van der Waals surface area contributed by atoms with Crippen molar-refractivity contribution in [1.82, 2.24) is 14.5 Å². The van der Waals surface area contributed by atoms with Gasteiger partial charge in [-0.25, -0.2) is 4.98 Å². The van der Waals surface area contributed by atoms with Crippen LogP contribution in [0, 0.1) is 0 Å². The Morgan fingerprint density at radius 1 is 0.469 bits per heavy atom. The van der Waals surface area contributed by atoms with Crippen LogP contribution < -0.4 is 4.90 Å². The number of hydrogen-bond donors (Lipinski definition) is 0. The molecule has 2 heterocycles. The summed E-state index contributed by atoms with van der Waals surface area (Å²) in [5, 5.41) is 2.44. The van der Waals surface area contributed by atoms with Crippen molar-refractivity contribution in [3.63, 3.8) is 0 Å². The van der Waals surface area contributed by atoms with Crippen molar-refractivity contribution in [3.05, 3.63) is 193 Å². The topological polar surface area (TPSA) is 34.0 Å². The lowest BCUT2D eigenvalue weighted by Crippen LogP contribution is -2.09. The Labute approximate surface area is 285 Å². The maximum atomic E-state index is 4.88. The summed E-state index contributed by atoms with van der Waals surface area (Å²) in [6.07, 6.45) is 2.74. The Morgan fingerprint density at radius 2 is 1.06 bits per heavy atom. The van der Waals surface area contributed by atoms with Crippen LogP contribution in [0.2, 0.25) is 0 Å². The van der Waals surface area contributed by atoms with Crippen molar-refractivity contribution < 1.29 is 0 Å². The van der Waals surface area contributed by atoms with E-state index in [1.807, 2.05) is 30.5 Å². The fourth-order valence-electron chi connectivity index (χ4n) is 6.90. The van der Waals surface area contributed by atoms with Crippen molar-refractivity contribution in [1.29, 1.82) is 0 Å². The zero-order valence-corrected chi connectivity index (χ0v) is 26.8. The molecule has 4 nitrogen and oxygen atoms in total. The first kappa shape index (κ1) is 28.7. The molecular formula is C45H32N4. The number of hydrogen-bond acceptors (Lipinski definition) is 3. The highest BCUT2D eigenvalue weighted by atomic mass is 15.1. The van der Waals surface area contributed by atoms with Gasteiger partial charge in [-0.05, 0) is 96.4 Å². The first-order chi connectivity index (χ1) is 24.3. The van der Waals surface area contributed by atoms with Crippen LogP contribution in [-0.2, 0) is 6.42 Å². The second kappa shape index (κ2) is 12.3. The van der Waals surface area contributed by atoms with Gasteiger partial charge in [0, 0.05) is 39.1 Å². The normalized spacial score (nSPS) is 11.3. The van der Waals surface area contributed by atoms with E-state index >= 15 is 0 Å². The van der Waals surface area contributed by atoms with E-state index in [4.69, 9.17) is 4.98 Å². The van der Waals surface area contributed by atoms with E-state index in [0.29, 0.717) is 0 Å². The SMILES string of the molecule is c1ccc(Cc2ccc3c(c2)c2cc(N(c4ccccc4)c4ccccc4)ccc2n3-c2ccc(-c3cnc4ccccc4n3)cc2)cc1. The molecule has 0 spiro atoms. The molecule has 0 fully saturated rings. The van der Waals surface area contributed by atoms with Crippen molar-refractivity contribution in [3.8, 4) is 16.9 Å². The highest BCUT2D eigenvalue weighted by Gasteiger charge is 2.18. The Kier molecular flexibility index (Phi) is 7.17. The molecule has 0 unspecified atom stereocenters. The molecule has 0 saturated heterocycles. The van der Waals surface area contributed by atoms with E-state index in [1.54, 1.807) is 0 Å². The molecule has 0 aliphatic carbocycles. The van der Waals surface area contributed by atoms with Gasteiger partial charge in [0.05, 0.1) is 34.0 Å². The molecule has 9 aromatic rings. The van der Waals surface area contributed by atoms with E-state index in [1.165, 1.54) is 27.4 Å². The number of anilines is 3. The van der Waals surface area contributed by atoms with E-state index in [2.05, 4.69) is 166 Å². The van der Waals surface area contributed by atoms with Gasteiger partial charge in [0.2, 0.25) is 0 Å². The molecule has 0 atom stereocenters. The molecule has 0 bridgehead atoms. The lowest BCUT2D eigenvalue weighted by atomic mass is 10.0. The van der Waals surface area contributed by atoms with Crippen molar-refractivity contribution in [2.75, 3.05) is 4.90 Å². The zero-order chi connectivity index (χ0) is 32.6. The minimum Gasteiger partial charge on any atom is -0.310 e. The van der Waals surface area contributed by atoms with Crippen LogP contribution in [0.4, 0.5) is 17.1 Å². The van der Waals surface area contributed by atoms with Gasteiger partial charge in [-0.15, -0.1) is 0 Å². The fourth-order valence-corrected chi connectivity index (χ4v) is 6.90. The van der Waals surface area contributed by atoms with Crippen molar-refractivity contribution >= 4 is 49.9 Å². The van der Waals surface area contributed by atoms with Gasteiger partial charge in [-0.2, -0.15) is 0 Å². The number of rotatable bonds is 7. The lowest BCUT2D eigenvalue weighted by molar-refractivity contribution is 1.17. The summed E-state index contributed by atoms with van der Waals surface area (Å²) in [4.78, 5) is 11.9. The highest BCUT2D eigenvalue weighted by molar-refractivity contribution is 6.11. The molecule has 0 radical (unpaired) electrons. The van der Waals surface area contributed by atoms with Crippen LogP contribution in [0.3, 0.4) is 0 Å². The minimum atomic E-state index is 0.865. The third-order valence-corrected chi connectivity index (χ3v) is 9.22. The Balaban J connectivity index is 1.20. The summed E-state index contributed by atoms with van der Waals surface area (Å²) >= 11 is 0. The van der Waals surface area contributed by atoms with Crippen molar-refractivity contribution in [2.24, 2.45) is 0 Å². The molecule has 0 amide bonds. The minimum absolute atomic E-state index is 0.865. The molecule has 7 aromatic carbocycles. The summed E-state index contributed by atoms with van der Waals surface area (Å²) in [6, 6.07) is 62.3. The molecule has 49 heavy (non-hydrogen) atoms. The largest absolute Gasteiger partial charge is 0.310 e. The van der Waals surface area contributed by atoms with Crippen LogP contribution in [-0.4, -0.2) is 14.5 Å². The average molecular weight is 629 g/mol. The van der Waals surface area contributed by atoms with E-state index < -0.39 is 0 Å². The van der Waals surface area contributed by atoms with Gasteiger partial charge in [-0.3, -0.25) is 4.98 Å². The van der Waals surface area contributed by atoms with Crippen LogP contribution in [0.25, 0.3) is 49.8 Å². The standard InChI is InChI=1S/C45H32N4/c1-4-12-32(13-5-1)28-33-20-26-44-39(29-33)40-30-38(48(35-14-6-2-7-15-35)36-16-8-3-9-17-36)25-27-45(40)49(44)37-23-21-34(22-24-37)43-31-46-41-18-10-11-19-42(41)47-43/h1-27,29-31H,28H2. The molecule has 0 saturated carbocycles. The number of aromatic nitrogens is 3. The number of para-hydroxylation sites is 4. The third-order valence-electron chi connectivity index (χ3n) is 9.22. The molecule has 0 N–H and O–H groups in total. The number of benzene rings is 7. The molecule has 2 aromatic heterocycles. The summed E-state index contributed by atoms with van der Waals surface area (Å²) < 4.78 is 2.38. The van der Waals surface area contributed by atoms with Gasteiger partial charge in [0.15, 0.2) is 0 Å². The van der Waals surface area contributed by atoms with Gasteiger partial charge >= 0.3 is 0 Å². The molecular weight excluding hydrogens is 597 g/mol. The van der Waals surface area contributed by atoms with E-state index in [0.717, 1.165) is 57.0 Å². The fraction of sp³-hybridized carbons (Fsp3) is 0.0222. The molecule has 9 rings (SSSR count). The summed E-state index contributed by atoms with van der Waals surface area (Å²) in [5.74, 6) is 0. The van der Waals surface area contributed by atoms with Gasteiger partial charge < -0.3 is 9.47 Å². The number of nitrogens with zero attached hydrogens (tertiary/aromatic N) is 4. The predicted molar refractivity (Wildman–Crippen MR) is 203 cm³/mol. The maximum absolute atomic E-state index is 4.88. The van der Waals surface area contributed by atoms with Crippen LogP contribution in [0.1, 0.15) is 11.1 Å². The van der Waals surface area contributed by atoms with Crippen LogP contribution >= 0.6 is 0 Å². The number of fused-ring (bicyclic) bond motifs is 4. The second-order valence-electron chi connectivity index (χ2n) is 12.3. The molecule has 232 valence electrons. The third kappa shape index (κ3) is 5.39.